The van der Waals surface area contributed by atoms with E-state index < -0.39 is 23.6 Å². The predicted octanol–water partition coefficient (Wildman–Crippen LogP) is 4.49. The van der Waals surface area contributed by atoms with Gasteiger partial charge < -0.3 is 25.0 Å². The Hall–Kier alpha value is -5.20. The highest BCUT2D eigenvalue weighted by molar-refractivity contribution is 6.02. The van der Waals surface area contributed by atoms with E-state index in [1.54, 1.807) is 43.5 Å². The number of nitrogens with one attached hydrogen (secondary N) is 1. The second-order valence-corrected chi connectivity index (χ2v) is 9.47. The van der Waals surface area contributed by atoms with Crippen molar-refractivity contribution in [1.29, 1.82) is 0 Å². The van der Waals surface area contributed by atoms with Gasteiger partial charge in [0.25, 0.3) is 11.8 Å². The topological polar surface area (TPSA) is 121 Å². The zero-order valence-electron chi connectivity index (χ0n) is 22.3. The number of rotatable bonds is 6. The minimum Gasteiger partial charge on any atom is -0.506 e. The van der Waals surface area contributed by atoms with Crippen molar-refractivity contribution in [2.45, 2.75) is 6.18 Å². The minimum atomic E-state index is -4.68. The molecule has 0 spiro atoms. The monoisotopic (exact) mass is 578 g/mol. The number of halogens is 3. The molecular weight excluding hydrogens is 553 g/mol. The molecule has 1 aliphatic heterocycles. The number of piperazine rings is 1. The third-order valence-corrected chi connectivity index (χ3v) is 6.69. The summed E-state index contributed by atoms with van der Waals surface area (Å²) < 4.78 is 46.1. The number of benzene rings is 2. The largest absolute Gasteiger partial charge is 0.506 e. The molecule has 216 valence electrons. The minimum absolute atomic E-state index is 0.113. The van der Waals surface area contributed by atoms with Crippen molar-refractivity contribution >= 4 is 23.3 Å². The molecule has 0 saturated carbocycles. The Labute approximate surface area is 238 Å². The zero-order valence-corrected chi connectivity index (χ0v) is 22.3. The molecule has 2 N–H and O–H groups in total. The smallest absolute Gasteiger partial charge is 0.416 e. The van der Waals surface area contributed by atoms with Gasteiger partial charge in [0.05, 0.1) is 18.9 Å². The summed E-state index contributed by atoms with van der Waals surface area (Å²) in [6.07, 6.45) is -2.19. The van der Waals surface area contributed by atoms with Crippen LogP contribution < -0.4 is 15.0 Å². The van der Waals surface area contributed by atoms with Crippen molar-refractivity contribution in [3.05, 3.63) is 89.9 Å². The Morgan fingerprint density at radius 1 is 0.905 bits per heavy atom. The number of anilines is 2. The number of hydrogen-bond acceptors (Lipinski definition) is 8. The average molecular weight is 579 g/mol. The van der Waals surface area contributed by atoms with E-state index in [1.165, 1.54) is 23.2 Å². The molecule has 1 fully saturated rings. The molecule has 1 saturated heterocycles. The van der Waals surface area contributed by atoms with Crippen molar-refractivity contribution < 1.29 is 32.6 Å². The van der Waals surface area contributed by atoms with E-state index in [0.29, 0.717) is 30.3 Å². The molecule has 0 atom stereocenters. The first-order valence-corrected chi connectivity index (χ1v) is 12.8. The summed E-state index contributed by atoms with van der Waals surface area (Å²) in [5, 5.41) is 20.6. The van der Waals surface area contributed by atoms with Gasteiger partial charge in [0.2, 0.25) is 0 Å². The van der Waals surface area contributed by atoms with Crippen LogP contribution in [-0.4, -0.2) is 70.3 Å². The molecule has 0 aliphatic carbocycles. The third-order valence-electron chi connectivity index (χ3n) is 6.69. The molecule has 1 aliphatic rings. The van der Waals surface area contributed by atoms with E-state index in [9.17, 15) is 27.9 Å². The lowest BCUT2D eigenvalue weighted by atomic mass is 9.99. The van der Waals surface area contributed by atoms with E-state index in [-0.39, 0.29) is 41.2 Å². The van der Waals surface area contributed by atoms with Crippen molar-refractivity contribution in [3.63, 3.8) is 0 Å². The number of carbonyl (C=O) groups is 2. The van der Waals surface area contributed by atoms with Crippen molar-refractivity contribution in [2.75, 3.05) is 43.5 Å². The molecule has 42 heavy (non-hydrogen) atoms. The molecule has 0 radical (unpaired) electrons. The van der Waals surface area contributed by atoms with Gasteiger partial charge in [0.1, 0.15) is 11.5 Å². The second kappa shape index (κ2) is 11.7. The van der Waals surface area contributed by atoms with Crippen LogP contribution in [0, 0.1) is 0 Å². The molecule has 4 aromatic rings. The number of nitrogens with zero attached hydrogens (tertiary/aromatic N) is 5. The lowest BCUT2D eigenvalue weighted by molar-refractivity contribution is -0.137. The van der Waals surface area contributed by atoms with Crippen molar-refractivity contribution in [3.8, 4) is 22.6 Å². The van der Waals surface area contributed by atoms with E-state index in [1.807, 2.05) is 4.90 Å². The van der Waals surface area contributed by atoms with E-state index in [2.05, 4.69) is 20.5 Å². The molecular formula is C29H25F3N6O4. The number of hydrogen-bond donors (Lipinski definition) is 2. The quantitative estimate of drug-likeness (QED) is 0.344. The van der Waals surface area contributed by atoms with Gasteiger partial charge in [-0.15, -0.1) is 10.2 Å². The first-order valence-electron chi connectivity index (χ1n) is 12.8. The van der Waals surface area contributed by atoms with Gasteiger partial charge in [-0.2, -0.15) is 13.2 Å². The number of ether oxygens (including phenoxy) is 1. The highest BCUT2D eigenvalue weighted by Gasteiger charge is 2.33. The fourth-order valence-corrected chi connectivity index (χ4v) is 4.47. The second-order valence-electron chi connectivity index (χ2n) is 9.47. The normalized spacial score (nSPS) is 13.5. The zero-order chi connectivity index (χ0) is 29.9. The van der Waals surface area contributed by atoms with Crippen LogP contribution in [0.1, 0.15) is 26.4 Å². The number of alkyl halides is 3. The van der Waals surface area contributed by atoms with Gasteiger partial charge in [-0.25, -0.2) is 0 Å². The Balaban J connectivity index is 1.24. The van der Waals surface area contributed by atoms with Gasteiger partial charge in [0, 0.05) is 49.2 Å². The van der Waals surface area contributed by atoms with Crippen molar-refractivity contribution in [2.24, 2.45) is 0 Å². The van der Waals surface area contributed by atoms with Gasteiger partial charge >= 0.3 is 6.18 Å². The molecule has 13 heteroatoms. The van der Waals surface area contributed by atoms with Crippen LogP contribution in [0.5, 0.6) is 11.5 Å². The Bertz CT molecular complexity index is 1590. The fraction of sp³-hybridized carbons (Fsp3) is 0.207. The van der Waals surface area contributed by atoms with Crippen LogP contribution >= 0.6 is 0 Å². The van der Waals surface area contributed by atoms with Crippen LogP contribution in [0.15, 0.2) is 73.1 Å². The van der Waals surface area contributed by atoms with E-state index in [0.717, 1.165) is 18.3 Å². The summed E-state index contributed by atoms with van der Waals surface area (Å²) in [7, 11) is 1.55. The van der Waals surface area contributed by atoms with Crippen molar-refractivity contribution in [1.82, 2.24) is 20.1 Å². The summed E-state index contributed by atoms with van der Waals surface area (Å²) >= 11 is 0. The summed E-state index contributed by atoms with van der Waals surface area (Å²) in [4.78, 5) is 33.0. The van der Waals surface area contributed by atoms with Crippen LogP contribution in [0.3, 0.4) is 0 Å². The van der Waals surface area contributed by atoms with Crippen LogP contribution in [-0.2, 0) is 6.18 Å². The number of aromatic nitrogens is 3. The molecule has 3 heterocycles. The summed E-state index contributed by atoms with van der Waals surface area (Å²) in [6.45, 7) is 1.19. The number of methoxy groups -OCH3 is 1. The SMILES string of the molecule is COc1ccc(NC(=O)c2ccc(N3CCN(C(=O)c4cc(-c5cncc(O)c5)cc(C(F)(F)F)c4)CC3)nn2)cc1. The highest BCUT2D eigenvalue weighted by atomic mass is 19.4. The molecule has 0 bridgehead atoms. The number of carbonyl (C=O) groups excluding carboxylic acids is 2. The van der Waals surface area contributed by atoms with Crippen LogP contribution in [0.25, 0.3) is 11.1 Å². The Kier molecular flexibility index (Phi) is 7.91. The molecule has 5 rings (SSSR count). The van der Waals surface area contributed by atoms with Gasteiger partial charge in [0.15, 0.2) is 11.5 Å². The van der Waals surface area contributed by atoms with Crippen LogP contribution in [0.4, 0.5) is 24.7 Å². The first kappa shape index (κ1) is 28.3. The number of pyridine rings is 1. The average Bonchev–Trinajstić information content (AvgIpc) is 3.00. The predicted molar refractivity (Wildman–Crippen MR) is 147 cm³/mol. The van der Waals surface area contributed by atoms with Gasteiger partial charge in [-0.05, 0) is 66.2 Å². The lowest BCUT2D eigenvalue weighted by Gasteiger charge is -2.35. The molecule has 10 nitrogen and oxygen atoms in total. The Morgan fingerprint density at radius 3 is 2.26 bits per heavy atom. The fourth-order valence-electron chi connectivity index (χ4n) is 4.47. The molecule has 2 amide bonds. The standard InChI is InChI=1S/C29H25F3N6O4/c1-42-24-4-2-22(3-5-24)34-27(40)25-6-7-26(36-35-25)37-8-10-38(11-9-37)28(41)19-12-18(13-21(14-19)29(30,31)32)20-15-23(39)17-33-16-20/h2-7,12-17,39H,8-11H2,1H3,(H,34,40). The molecule has 2 aromatic heterocycles. The third kappa shape index (κ3) is 6.40. The maximum atomic E-state index is 13.7. The maximum absolute atomic E-state index is 13.7. The first-order chi connectivity index (χ1) is 20.1. The summed E-state index contributed by atoms with van der Waals surface area (Å²) in [5.41, 5.74) is -0.0498. The van der Waals surface area contributed by atoms with E-state index in [4.69, 9.17) is 4.74 Å². The highest BCUT2D eigenvalue weighted by Crippen LogP contribution is 2.34. The van der Waals surface area contributed by atoms with Gasteiger partial charge in [-0.3, -0.25) is 14.6 Å². The number of aromatic hydroxyl groups is 1. The number of amides is 2. The van der Waals surface area contributed by atoms with Crippen LogP contribution in [0.2, 0.25) is 0 Å². The summed E-state index contributed by atoms with van der Waals surface area (Å²) in [5.74, 6) is -0.0310. The van der Waals surface area contributed by atoms with E-state index >= 15 is 0 Å². The lowest BCUT2D eigenvalue weighted by Crippen LogP contribution is -2.49. The molecule has 2 aromatic carbocycles. The Morgan fingerprint density at radius 2 is 1.64 bits per heavy atom. The van der Waals surface area contributed by atoms with Gasteiger partial charge in [-0.1, -0.05) is 0 Å². The molecule has 0 unspecified atom stereocenters. The maximum Gasteiger partial charge on any atom is 0.416 e. The summed E-state index contributed by atoms with van der Waals surface area (Å²) in [6, 6.07) is 14.4.